The van der Waals surface area contributed by atoms with Crippen molar-refractivity contribution in [3.63, 3.8) is 0 Å². The van der Waals surface area contributed by atoms with Crippen LogP contribution in [-0.4, -0.2) is 23.5 Å². The van der Waals surface area contributed by atoms with Gasteiger partial charge in [0.2, 0.25) is 5.91 Å². The highest BCUT2D eigenvalue weighted by atomic mass is 16.4. The molecule has 0 unspecified atom stereocenters. The normalized spacial score (nSPS) is 34.9. The zero-order valence-corrected chi connectivity index (χ0v) is 21.2. The van der Waals surface area contributed by atoms with Gasteiger partial charge in [-0.25, -0.2) is 0 Å². The summed E-state index contributed by atoms with van der Waals surface area (Å²) in [6.45, 7) is 0.757. The molecule has 6 aliphatic rings. The summed E-state index contributed by atoms with van der Waals surface area (Å²) in [4.78, 5) is 26.2. The first-order valence-corrected chi connectivity index (χ1v) is 14.0. The number of rotatable bonds is 6. The minimum atomic E-state index is -0.837. The highest BCUT2D eigenvalue weighted by Crippen LogP contribution is 2.60. The number of nitrogens with one attached hydrogen (secondary N) is 1. The summed E-state index contributed by atoms with van der Waals surface area (Å²) in [5.41, 5.74) is 5.58. The number of benzene rings is 2. The fraction of sp³-hybridized carbons (Fsp3) is 0.455. The monoisotopic (exact) mass is 493 g/mol. The Morgan fingerprint density at radius 2 is 1.38 bits per heavy atom. The molecular weight excluding hydrogens is 458 g/mol. The van der Waals surface area contributed by atoms with Crippen LogP contribution < -0.4 is 5.32 Å². The van der Waals surface area contributed by atoms with Gasteiger partial charge in [0.05, 0.1) is 11.8 Å². The number of amides is 1. The van der Waals surface area contributed by atoms with Crippen LogP contribution in [0.2, 0.25) is 0 Å². The van der Waals surface area contributed by atoms with Crippen LogP contribution in [0.25, 0.3) is 5.57 Å². The molecule has 1 amide bonds. The predicted octanol–water partition coefficient (Wildman–Crippen LogP) is 6.10. The molecule has 37 heavy (non-hydrogen) atoms. The van der Waals surface area contributed by atoms with Crippen LogP contribution in [0.4, 0.5) is 0 Å². The number of allylic oxidation sites excluding steroid dienone is 1. The highest BCUT2D eigenvalue weighted by molar-refractivity contribution is 5.92. The van der Waals surface area contributed by atoms with Crippen LogP contribution in [0.1, 0.15) is 56.1 Å². The molecule has 0 radical (unpaired) electrons. The van der Waals surface area contributed by atoms with Crippen molar-refractivity contribution in [1.29, 1.82) is 0 Å². The molecule has 4 nitrogen and oxygen atoms in total. The lowest BCUT2D eigenvalue weighted by molar-refractivity contribution is -0.141. The van der Waals surface area contributed by atoms with Gasteiger partial charge in [-0.15, -0.1) is 0 Å². The topological polar surface area (TPSA) is 66.4 Å². The molecule has 6 aliphatic carbocycles. The smallest absolute Gasteiger partial charge is 0.311 e. The van der Waals surface area contributed by atoms with Crippen LogP contribution in [0, 0.1) is 40.9 Å². The van der Waals surface area contributed by atoms with Crippen molar-refractivity contribution in [1.82, 2.24) is 5.32 Å². The summed E-state index contributed by atoms with van der Waals surface area (Å²) in [6, 6.07) is 20.5. The molecule has 0 saturated heterocycles. The van der Waals surface area contributed by atoms with Crippen molar-refractivity contribution in [2.75, 3.05) is 6.54 Å². The van der Waals surface area contributed by atoms with E-state index in [1.54, 1.807) is 0 Å². The molecule has 2 aromatic rings. The lowest BCUT2D eigenvalue weighted by Gasteiger charge is -2.57. The molecule has 5 fully saturated rings. The fourth-order valence-corrected chi connectivity index (χ4v) is 9.25. The van der Waals surface area contributed by atoms with E-state index >= 15 is 0 Å². The van der Waals surface area contributed by atoms with Gasteiger partial charge in [0.15, 0.2) is 0 Å². The van der Waals surface area contributed by atoms with Crippen molar-refractivity contribution < 1.29 is 14.7 Å². The van der Waals surface area contributed by atoms with Gasteiger partial charge in [-0.05, 0) is 84.8 Å². The Balaban J connectivity index is 1.21. The van der Waals surface area contributed by atoms with Crippen LogP contribution in [0.15, 0.2) is 77.9 Å². The lowest BCUT2D eigenvalue weighted by Crippen LogP contribution is -2.52. The molecule has 3 atom stereocenters. The third-order valence-corrected chi connectivity index (χ3v) is 10.2. The summed E-state index contributed by atoms with van der Waals surface area (Å²) in [5.74, 6) is 0.363. The molecule has 0 aliphatic heterocycles. The molecule has 0 aromatic heterocycles. The zero-order chi connectivity index (χ0) is 25.1. The number of hydrogen-bond donors (Lipinski definition) is 2. The van der Waals surface area contributed by atoms with Gasteiger partial charge >= 0.3 is 5.97 Å². The standard InChI is InChI=1S/C33H35NO3/c35-31(34-19-33-16-20-11-21(17-33)13-22(12-20)18-33)29-25-14-26(30(29)27(15-25)32(36)37)28(23-7-3-1-4-8-23)24-9-5-2-6-10-24/h1-10,15,20-22,27,29-30H,11-14,16-19H2,(H,34,35)(H,36,37)/t20?,21?,22?,27-,29+,30+,33?/m1/s1. The number of hydrogen-bond acceptors (Lipinski definition) is 2. The van der Waals surface area contributed by atoms with Crippen molar-refractivity contribution in [3.8, 4) is 0 Å². The van der Waals surface area contributed by atoms with E-state index in [4.69, 9.17) is 0 Å². The molecular formula is C33H35NO3. The number of aliphatic carboxylic acids is 1. The number of carbonyl (C=O) groups excluding carboxylic acids is 1. The lowest BCUT2D eigenvalue weighted by atomic mass is 9.49. The molecule has 190 valence electrons. The first-order chi connectivity index (χ1) is 18.0. The van der Waals surface area contributed by atoms with Crippen molar-refractivity contribution in [2.24, 2.45) is 40.9 Å². The average molecular weight is 494 g/mol. The minimum absolute atomic E-state index is 0.0335. The van der Waals surface area contributed by atoms with Crippen molar-refractivity contribution in [2.45, 2.75) is 44.9 Å². The molecule has 4 heteroatoms. The van der Waals surface area contributed by atoms with E-state index in [1.165, 1.54) is 38.5 Å². The first-order valence-electron chi connectivity index (χ1n) is 14.0. The molecule has 0 spiro atoms. The van der Waals surface area contributed by atoms with Gasteiger partial charge in [-0.3, -0.25) is 9.59 Å². The van der Waals surface area contributed by atoms with Gasteiger partial charge < -0.3 is 10.4 Å². The Morgan fingerprint density at radius 3 is 1.89 bits per heavy atom. The van der Waals surface area contributed by atoms with Gasteiger partial charge in [-0.2, -0.15) is 0 Å². The third-order valence-electron chi connectivity index (χ3n) is 10.2. The van der Waals surface area contributed by atoms with E-state index in [1.807, 2.05) is 42.5 Å². The molecule has 6 bridgehead atoms. The maximum atomic E-state index is 13.8. The summed E-state index contributed by atoms with van der Waals surface area (Å²) >= 11 is 0. The van der Waals surface area contributed by atoms with E-state index in [9.17, 15) is 14.7 Å². The summed E-state index contributed by atoms with van der Waals surface area (Å²) in [6.07, 6.45) is 10.5. The first kappa shape index (κ1) is 23.0. The summed E-state index contributed by atoms with van der Waals surface area (Å²) < 4.78 is 0. The maximum Gasteiger partial charge on any atom is 0.311 e. The minimum Gasteiger partial charge on any atom is -0.481 e. The highest BCUT2D eigenvalue weighted by Gasteiger charge is 2.54. The van der Waals surface area contributed by atoms with E-state index in [0.29, 0.717) is 6.42 Å². The molecule has 2 aromatic carbocycles. The molecule has 0 heterocycles. The number of carboxylic acids is 1. The SMILES string of the molecule is O=C(NCC12CC3CC(CC(C3)C1)C2)[C@H]1C2=C[C@@H](C(=O)O)[C@@H]1C(=C(c1ccccc1)c1ccccc1)C2. The van der Waals surface area contributed by atoms with E-state index in [0.717, 1.165) is 52.1 Å². The zero-order valence-electron chi connectivity index (χ0n) is 21.2. The molecule has 8 rings (SSSR count). The van der Waals surface area contributed by atoms with Gasteiger partial charge in [0.1, 0.15) is 0 Å². The largest absolute Gasteiger partial charge is 0.481 e. The van der Waals surface area contributed by atoms with Gasteiger partial charge in [-0.1, -0.05) is 77.9 Å². The fourth-order valence-electron chi connectivity index (χ4n) is 9.25. The second kappa shape index (κ2) is 8.72. The number of carboxylic acid groups (broad SMARTS) is 1. The second-order valence-electron chi connectivity index (χ2n) is 12.6. The van der Waals surface area contributed by atoms with E-state index in [2.05, 4.69) is 29.6 Å². The Morgan fingerprint density at radius 1 is 0.838 bits per heavy atom. The van der Waals surface area contributed by atoms with Crippen LogP contribution in [-0.2, 0) is 9.59 Å². The maximum absolute atomic E-state index is 13.8. The van der Waals surface area contributed by atoms with Crippen LogP contribution in [0.3, 0.4) is 0 Å². The molecule has 2 N–H and O–H groups in total. The van der Waals surface area contributed by atoms with Crippen molar-refractivity contribution >= 4 is 17.4 Å². The number of carbonyl (C=O) groups is 2. The molecule has 5 saturated carbocycles. The summed E-state index contributed by atoms with van der Waals surface area (Å²) in [7, 11) is 0. The third kappa shape index (κ3) is 3.88. The average Bonchev–Trinajstić information content (AvgIpc) is 3.44. The Bertz CT molecular complexity index is 1210. The Labute approximate surface area is 218 Å². The Kier molecular flexibility index (Phi) is 5.42. The van der Waals surface area contributed by atoms with Gasteiger partial charge in [0.25, 0.3) is 0 Å². The van der Waals surface area contributed by atoms with Crippen LogP contribution >= 0.6 is 0 Å². The van der Waals surface area contributed by atoms with E-state index in [-0.39, 0.29) is 23.2 Å². The predicted molar refractivity (Wildman–Crippen MR) is 143 cm³/mol. The van der Waals surface area contributed by atoms with Crippen molar-refractivity contribution in [3.05, 3.63) is 89.0 Å². The van der Waals surface area contributed by atoms with Crippen LogP contribution in [0.5, 0.6) is 0 Å². The number of fused-ring (bicyclic) bond motifs is 2. The quantitative estimate of drug-likeness (QED) is 0.478. The van der Waals surface area contributed by atoms with E-state index < -0.39 is 11.9 Å². The Hall–Kier alpha value is -3.14. The van der Waals surface area contributed by atoms with Gasteiger partial charge in [0, 0.05) is 12.5 Å². The summed E-state index contributed by atoms with van der Waals surface area (Å²) in [5, 5.41) is 13.5. The second-order valence-corrected chi connectivity index (χ2v) is 12.6.